The molecule has 0 N–H and O–H groups in total. The third-order valence-corrected chi connectivity index (χ3v) is 2.67. The summed E-state index contributed by atoms with van der Waals surface area (Å²) >= 11 is 0. The first-order valence-corrected chi connectivity index (χ1v) is 5.27. The minimum atomic E-state index is 0.853. The van der Waals surface area contributed by atoms with Crippen LogP contribution in [0.4, 0.5) is 0 Å². The molecule has 0 spiro atoms. The number of hydrogen-bond donors (Lipinski definition) is 0. The summed E-state index contributed by atoms with van der Waals surface area (Å²) in [4.78, 5) is 0. The van der Waals surface area contributed by atoms with Crippen molar-refractivity contribution in [3.05, 3.63) is 23.3 Å². The first-order chi connectivity index (χ1) is 5.88. The van der Waals surface area contributed by atoms with E-state index >= 15 is 0 Å². The Labute approximate surface area is 76.4 Å². The lowest BCUT2D eigenvalue weighted by molar-refractivity contribution is 0.694. The van der Waals surface area contributed by atoms with Gasteiger partial charge in [-0.3, -0.25) is 0 Å². The molecule has 0 radical (unpaired) electrons. The molecule has 2 aliphatic carbocycles. The standard InChI is InChI=1S/C10H14.C2H6/c1-8-6-7-9-4-2-3-5-10(8)9;1-2/h4-5,8H,2-3,6-7H2,1H3;1-2H3. The van der Waals surface area contributed by atoms with Crippen molar-refractivity contribution in [1.82, 2.24) is 0 Å². The summed E-state index contributed by atoms with van der Waals surface area (Å²) in [6.07, 6.45) is 10.2. The molecule has 1 unspecified atom stereocenters. The van der Waals surface area contributed by atoms with Gasteiger partial charge in [-0.1, -0.05) is 32.9 Å². The van der Waals surface area contributed by atoms with Gasteiger partial charge in [-0.15, -0.1) is 0 Å². The van der Waals surface area contributed by atoms with Crippen LogP contribution in [-0.4, -0.2) is 0 Å². The zero-order chi connectivity index (χ0) is 8.97. The highest BCUT2D eigenvalue weighted by molar-refractivity contribution is 5.38. The molecule has 1 saturated carbocycles. The second-order valence-electron chi connectivity index (χ2n) is 3.41. The Bertz CT molecular complexity index is 196. The van der Waals surface area contributed by atoms with E-state index in [2.05, 4.69) is 19.1 Å². The molecule has 68 valence electrons. The largest absolute Gasteiger partial charge is 0.0807 e. The van der Waals surface area contributed by atoms with E-state index in [0.717, 1.165) is 5.92 Å². The second kappa shape index (κ2) is 4.49. The van der Waals surface area contributed by atoms with Gasteiger partial charge in [0.25, 0.3) is 0 Å². The van der Waals surface area contributed by atoms with E-state index in [1.807, 2.05) is 13.8 Å². The molecule has 0 heteroatoms. The number of hydrogen-bond acceptors (Lipinski definition) is 0. The minimum Gasteiger partial charge on any atom is -0.0807 e. The predicted molar refractivity (Wildman–Crippen MR) is 55.1 cm³/mol. The predicted octanol–water partition coefficient (Wildman–Crippen LogP) is 4.09. The molecule has 0 aromatic carbocycles. The van der Waals surface area contributed by atoms with Gasteiger partial charge in [-0.2, -0.15) is 0 Å². The van der Waals surface area contributed by atoms with Crippen LogP contribution in [0.2, 0.25) is 0 Å². The third kappa shape index (κ3) is 1.80. The lowest BCUT2D eigenvalue weighted by Crippen LogP contribution is -1.93. The van der Waals surface area contributed by atoms with Crippen molar-refractivity contribution in [2.75, 3.05) is 0 Å². The Morgan fingerprint density at radius 3 is 2.50 bits per heavy atom. The minimum absolute atomic E-state index is 0.853. The molecule has 1 fully saturated rings. The zero-order valence-electron chi connectivity index (χ0n) is 8.56. The van der Waals surface area contributed by atoms with Gasteiger partial charge in [-0.25, -0.2) is 0 Å². The van der Waals surface area contributed by atoms with E-state index in [1.54, 1.807) is 11.1 Å². The molecule has 0 amide bonds. The maximum Gasteiger partial charge on any atom is -0.0188 e. The molecule has 0 bridgehead atoms. The molecule has 12 heavy (non-hydrogen) atoms. The first kappa shape index (κ1) is 9.57. The topological polar surface area (TPSA) is 0 Å². The molecule has 2 aliphatic rings. The van der Waals surface area contributed by atoms with E-state index in [1.165, 1.54) is 25.7 Å². The van der Waals surface area contributed by atoms with Gasteiger partial charge in [0.2, 0.25) is 0 Å². The maximum atomic E-state index is 2.44. The Balaban J connectivity index is 0.000000336. The normalized spacial score (nSPS) is 26.4. The summed E-state index contributed by atoms with van der Waals surface area (Å²) in [7, 11) is 0. The SMILES string of the molecule is CC.CC1CCC2=CCCC=C21. The van der Waals surface area contributed by atoms with Crippen molar-refractivity contribution in [2.45, 2.75) is 46.5 Å². The van der Waals surface area contributed by atoms with Gasteiger partial charge in [-0.05, 0) is 42.7 Å². The van der Waals surface area contributed by atoms with Crippen molar-refractivity contribution in [2.24, 2.45) is 5.92 Å². The van der Waals surface area contributed by atoms with E-state index in [-0.39, 0.29) is 0 Å². The highest BCUT2D eigenvalue weighted by Gasteiger charge is 2.21. The number of allylic oxidation sites excluding steroid dienone is 4. The van der Waals surface area contributed by atoms with Crippen LogP contribution in [0.3, 0.4) is 0 Å². The van der Waals surface area contributed by atoms with Gasteiger partial charge in [0, 0.05) is 0 Å². The van der Waals surface area contributed by atoms with E-state index < -0.39 is 0 Å². The molecule has 0 saturated heterocycles. The van der Waals surface area contributed by atoms with Gasteiger partial charge in [0.05, 0.1) is 0 Å². The molecular weight excluding hydrogens is 144 g/mol. The van der Waals surface area contributed by atoms with Crippen molar-refractivity contribution in [3.63, 3.8) is 0 Å². The summed E-state index contributed by atoms with van der Waals surface area (Å²) in [5, 5.41) is 0. The number of rotatable bonds is 0. The van der Waals surface area contributed by atoms with E-state index in [0.29, 0.717) is 0 Å². The summed E-state index contributed by atoms with van der Waals surface area (Å²) in [5.74, 6) is 0.853. The molecule has 0 aromatic rings. The lowest BCUT2D eigenvalue weighted by Gasteiger charge is -2.10. The molecule has 1 atom stereocenters. The van der Waals surface area contributed by atoms with Crippen LogP contribution in [0.5, 0.6) is 0 Å². The quantitative estimate of drug-likeness (QED) is 0.506. The van der Waals surface area contributed by atoms with Crippen molar-refractivity contribution >= 4 is 0 Å². The van der Waals surface area contributed by atoms with Crippen molar-refractivity contribution in [1.29, 1.82) is 0 Å². The molecule has 0 heterocycles. The zero-order valence-corrected chi connectivity index (χ0v) is 8.56. The van der Waals surface area contributed by atoms with Crippen LogP contribution in [0.25, 0.3) is 0 Å². The van der Waals surface area contributed by atoms with Crippen molar-refractivity contribution in [3.8, 4) is 0 Å². The smallest absolute Gasteiger partial charge is 0.0188 e. The Morgan fingerprint density at radius 2 is 1.83 bits per heavy atom. The van der Waals surface area contributed by atoms with Crippen molar-refractivity contribution < 1.29 is 0 Å². The fourth-order valence-electron chi connectivity index (χ4n) is 2.04. The average molecular weight is 164 g/mol. The van der Waals surface area contributed by atoms with E-state index in [4.69, 9.17) is 0 Å². The van der Waals surface area contributed by atoms with Crippen LogP contribution in [0.1, 0.15) is 46.5 Å². The van der Waals surface area contributed by atoms with Crippen LogP contribution in [0, 0.1) is 5.92 Å². The van der Waals surface area contributed by atoms with Gasteiger partial charge in [0.15, 0.2) is 0 Å². The van der Waals surface area contributed by atoms with Gasteiger partial charge < -0.3 is 0 Å². The maximum absolute atomic E-state index is 2.44. The van der Waals surface area contributed by atoms with Gasteiger partial charge >= 0.3 is 0 Å². The van der Waals surface area contributed by atoms with Crippen LogP contribution in [0.15, 0.2) is 23.3 Å². The fraction of sp³-hybridized carbons (Fsp3) is 0.667. The summed E-state index contributed by atoms with van der Waals surface area (Å²) in [6, 6.07) is 0. The Morgan fingerprint density at radius 1 is 1.17 bits per heavy atom. The lowest BCUT2D eigenvalue weighted by atomic mass is 9.96. The van der Waals surface area contributed by atoms with Gasteiger partial charge in [0.1, 0.15) is 0 Å². The van der Waals surface area contributed by atoms with E-state index in [9.17, 15) is 0 Å². The summed E-state index contributed by atoms with van der Waals surface area (Å²) in [6.45, 7) is 6.35. The van der Waals surface area contributed by atoms with Crippen LogP contribution >= 0.6 is 0 Å². The monoisotopic (exact) mass is 164 g/mol. The highest BCUT2D eigenvalue weighted by Crippen LogP contribution is 2.38. The highest BCUT2D eigenvalue weighted by atomic mass is 14.3. The third-order valence-electron chi connectivity index (χ3n) is 2.67. The Hall–Kier alpha value is -0.520. The van der Waals surface area contributed by atoms with Crippen LogP contribution in [-0.2, 0) is 0 Å². The molecular formula is C12H20. The van der Waals surface area contributed by atoms with Crippen LogP contribution < -0.4 is 0 Å². The molecule has 0 aromatic heterocycles. The Kier molecular flexibility index (Phi) is 3.58. The average Bonchev–Trinajstić information content (AvgIpc) is 2.53. The molecule has 0 aliphatic heterocycles. The molecule has 2 rings (SSSR count). The number of fused-ring (bicyclic) bond motifs is 1. The fourth-order valence-corrected chi connectivity index (χ4v) is 2.04. The summed E-state index contributed by atoms with van der Waals surface area (Å²) in [5.41, 5.74) is 3.31. The molecule has 0 nitrogen and oxygen atoms in total. The second-order valence-corrected chi connectivity index (χ2v) is 3.41. The first-order valence-electron chi connectivity index (χ1n) is 5.27. The summed E-state index contributed by atoms with van der Waals surface area (Å²) < 4.78 is 0.